The van der Waals surface area contributed by atoms with Crippen LogP contribution in [0.3, 0.4) is 0 Å². The Morgan fingerprint density at radius 2 is 1.88 bits per heavy atom. The van der Waals surface area contributed by atoms with Gasteiger partial charge in [-0.05, 0) is 38.4 Å². The Kier molecular flexibility index (Phi) is 3.30. The van der Waals surface area contributed by atoms with Gasteiger partial charge in [-0.1, -0.05) is 0 Å². The molecule has 16 heavy (non-hydrogen) atoms. The van der Waals surface area contributed by atoms with Gasteiger partial charge in [-0.2, -0.15) is 0 Å². The molecule has 0 aromatic carbocycles. The highest BCUT2D eigenvalue weighted by Gasteiger charge is 2.44. The molecule has 1 nitrogen and oxygen atoms in total. The fourth-order valence-electron chi connectivity index (χ4n) is 2.71. The van der Waals surface area contributed by atoms with Crippen LogP contribution in [0.4, 0.5) is 8.78 Å². The minimum Gasteiger partial charge on any atom is -0.298 e. The van der Waals surface area contributed by atoms with Gasteiger partial charge in [0.25, 0.3) is 0 Å². The molecular weight excluding hydrogens is 230 g/mol. The van der Waals surface area contributed by atoms with Crippen molar-refractivity contribution in [2.75, 3.05) is 5.75 Å². The summed E-state index contributed by atoms with van der Waals surface area (Å²) < 4.78 is 25.7. The number of carbonyl (C=O) groups excluding carboxylic acids is 1. The first-order valence-electron chi connectivity index (χ1n) is 5.99. The second-order valence-corrected chi connectivity index (χ2v) is 6.78. The van der Waals surface area contributed by atoms with Crippen molar-refractivity contribution in [1.29, 1.82) is 0 Å². The largest absolute Gasteiger partial charge is 0.298 e. The Bertz CT molecular complexity index is 275. The lowest BCUT2D eigenvalue weighted by Crippen LogP contribution is -2.38. The van der Waals surface area contributed by atoms with Crippen LogP contribution in [0.1, 0.15) is 45.4 Å². The lowest BCUT2D eigenvalue weighted by Gasteiger charge is -2.32. The molecular formula is C12H18F2OS. The minimum atomic E-state index is -2.53. The van der Waals surface area contributed by atoms with Crippen LogP contribution in [0.2, 0.25) is 0 Å². The number of hydrogen-bond acceptors (Lipinski definition) is 2. The predicted octanol–water partition coefficient (Wildman–Crippen LogP) is 3.67. The smallest absolute Gasteiger partial charge is 0.248 e. The van der Waals surface area contributed by atoms with Gasteiger partial charge < -0.3 is 0 Å². The SMILES string of the molecule is CC1(C(=O)C2CCC(F)(F)CC2)CCCS1. The van der Waals surface area contributed by atoms with E-state index in [1.165, 1.54) is 0 Å². The van der Waals surface area contributed by atoms with Gasteiger partial charge in [0.05, 0.1) is 4.75 Å². The quantitative estimate of drug-likeness (QED) is 0.741. The van der Waals surface area contributed by atoms with Crippen molar-refractivity contribution in [2.24, 2.45) is 5.92 Å². The fourth-order valence-corrected chi connectivity index (χ4v) is 4.04. The van der Waals surface area contributed by atoms with E-state index in [2.05, 4.69) is 0 Å². The van der Waals surface area contributed by atoms with E-state index in [0.717, 1.165) is 18.6 Å². The number of alkyl halides is 2. The lowest BCUT2D eigenvalue weighted by atomic mass is 9.79. The monoisotopic (exact) mass is 248 g/mol. The van der Waals surface area contributed by atoms with Crippen molar-refractivity contribution in [3.8, 4) is 0 Å². The van der Waals surface area contributed by atoms with E-state index in [-0.39, 0.29) is 29.3 Å². The first-order chi connectivity index (χ1) is 7.43. The predicted molar refractivity (Wildman–Crippen MR) is 62.0 cm³/mol. The van der Waals surface area contributed by atoms with Gasteiger partial charge in [0.2, 0.25) is 5.92 Å². The van der Waals surface area contributed by atoms with Crippen LogP contribution < -0.4 is 0 Å². The van der Waals surface area contributed by atoms with Crippen molar-refractivity contribution >= 4 is 17.5 Å². The molecule has 1 atom stereocenters. The maximum Gasteiger partial charge on any atom is 0.248 e. The molecule has 2 aliphatic rings. The third-order valence-corrected chi connectivity index (χ3v) is 5.36. The molecule has 0 bridgehead atoms. The summed E-state index contributed by atoms with van der Waals surface area (Å²) in [5.41, 5.74) is 0. The summed E-state index contributed by atoms with van der Waals surface area (Å²) in [6.45, 7) is 1.99. The zero-order chi connectivity index (χ0) is 11.8. The highest BCUT2D eigenvalue weighted by molar-refractivity contribution is 8.01. The second-order valence-electron chi connectivity index (χ2n) is 5.18. The van der Waals surface area contributed by atoms with Gasteiger partial charge in [-0.25, -0.2) is 8.78 Å². The van der Waals surface area contributed by atoms with Gasteiger partial charge >= 0.3 is 0 Å². The van der Waals surface area contributed by atoms with Gasteiger partial charge in [0, 0.05) is 18.8 Å². The molecule has 2 rings (SSSR count). The van der Waals surface area contributed by atoms with E-state index >= 15 is 0 Å². The zero-order valence-electron chi connectivity index (χ0n) is 9.60. The van der Waals surface area contributed by atoms with E-state index in [4.69, 9.17) is 0 Å². The van der Waals surface area contributed by atoms with Crippen LogP contribution in [-0.4, -0.2) is 22.2 Å². The van der Waals surface area contributed by atoms with Gasteiger partial charge in [0.1, 0.15) is 0 Å². The topological polar surface area (TPSA) is 17.1 Å². The fraction of sp³-hybridized carbons (Fsp3) is 0.917. The van der Waals surface area contributed by atoms with E-state index < -0.39 is 5.92 Å². The molecule has 1 saturated carbocycles. The van der Waals surface area contributed by atoms with Crippen LogP contribution >= 0.6 is 11.8 Å². The van der Waals surface area contributed by atoms with Crippen molar-refractivity contribution in [3.05, 3.63) is 0 Å². The average Bonchev–Trinajstić information content (AvgIpc) is 2.66. The number of hydrogen-bond donors (Lipinski definition) is 0. The maximum atomic E-state index is 13.0. The first-order valence-corrected chi connectivity index (χ1v) is 6.98. The van der Waals surface area contributed by atoms with E-state index in [0.29, 0.717) is 12.8 Å². The molecule has 0 N–H and O–H groups in total. The molecule has 0 aromatic rings. The Hall–Kier alpha value is -0.120. The number of ketones is 1. The third kappa shape index (κ3) is 2.41. The van der Waals surface area contributed by atoms with Gasteiger partial charge in [0.15, 0.2) is 5.78 Å². The summed E-state index contributed by atoms with van der Waals surface area (Å²) in [5, 5.41) is 0. The van der Waals surface area contributed by atoms with Gasteiger partial charge in [-0.3, -0.25) is 4.79 Å². The molecule has 1 unspecified atom stereocenters. The second kappa shape index (κ2) is 4.28. The molecule has 0 aromatic heterocycles. The summed E-state index contributed by atoms with van der Waals surface area (Å²) in [4.78, 5) is 12.3. The number of rotatable bonds is 2. The van der Waals surface area contributed by atoms with Crippen LogP contribution in [-0.2, 0) is 4.79 Å². The van der Waals surface area contributed by atoms with Crippen molar-refractivity contribution in [1.82, 2.24) is 0 Å². The maximum absolute atomic E-state index is 13.0. The number of carbonyl (C=O) groups is 1. The Morgan fingerprint density at radius 1 is 1.25 bits per heavy atom. The van der Waals surface area contributed by atoms with Gasteiger partial charge in [-0.15, -0.1) is 11.8 Å². The first kappa shape index (κ1) is 12.3. The Balaban J connectivity index is 1.96. The highest BCUT2D eigenvalue weighted by atomic mass is 32.2. The normalized spacial score (nSPS) is 35.2. The molecule has 0 spiro atoms. The zero-order valence-corrected chi connectivity index (χ0v) is 10.4. The van der Waals surface area contributed by atoms with E-state index in [9.17, 15) is 13.6 Å². The molecule has 92 valence electrons. The summed E-state index contributed by atoms with van der Waals surface area (Å²) in [5.74, 6) is -1.38. The molecule has 0 radical (unpaired) electrons. The average molecular weight is 248 g/mol. The summed E-state index contributed by atoms with van der Waals surface area (Å²) in [7, 11) is 0. The number of halogens is 2. The summed E-state index contributed by atoms with van der Waals surface area (Å²) >= 11 is 1.71. The molecule has 1 saturated heterocycles. The van der Waals surface area contributed by atoms with E-state index in [1.807, 2.05) is 6.92 Å². The molecule has 1 aliphatic heterocycles. The van der Waals surface area contributed by atoms with Crippen molar-refractivity contribution in [3.63, 3.8) is 0 Å². The lowest BCUT2D eigenvalue weighted by molar-refractivity contribution is -0.129. The van der Waals surface area contributed by atoms with Crippen LogP contribution in [0.15, 0.2) is 0 Å². The molecule has 4 heteroatoms. The molecule has 0 amide bonds. The molecule has 1 heterocycles. The summed E-state index contributed by atoms with van der Waals surface area (Å²) in [6.07, 6.45) is 2.54. The van der Waals surface area contributed by atoms with E-state index in [1.54, 1.807) is 11.8 Å². The van der Waals surface area contributed by atoms with Crippen LogP contribution in [0, 0.1) is 5.92 Å². The van der Waals surface area contributed by atoms with Crippen LogP contribution in [0.25, 0.3) is 0 Å². The highest BCUT2D eigenvalue weighted by Crippen LogP contribution is 2.44. The molecule has 2 fully saturated rings. The minimum absolute atomic E-state index is 0.107. The Morgan fingerprint density at radius 3 is 2.38 bits per heavy atom. The number of thioether (sulfide) groups is 1. The van der Waals surface area contributed by atoms with Crippen molar-refractivity contribution < 1.29 is 13.6 Å². The summed E-state index contributed by atoms with van der Waals surface area (Å²) in [6, 6.07) is 0. The van der Waals surface area contributed by atoms with Crippen LogP contribution in [0.5, 0.6) is 0 Å². The standard InChI is InChI=1S/C12H18F2OS/c1-11(5-2-8-16-11)10(15)9-3-6-12(13,14)7-4-9/h9H,2-8H2,1H3. The Labute approximate surface area is 99.4 Å². The number of Topliss-reactive ketones (excluding diaryl/α,β-unsaturated/α-hetero) is 1. The third-order valence-electron chi connectivity index (χ3n) is 3.83. The van der Waals surface area contributed by atoms with Crippen molar-refractivity contribution in [2.45, 2.75) is 56.1 Å². The molecule has 1 aliphatic carbocycles.